The van der Waals surface area contributed by atoms with Gasteiger partial charge in [0.15, 0.2) is 0 Å². The number of anilines is 1. The Kier molecular flexibility index (Phi) is 3.89. The van der Waals surface area contributed by atoms with Gasteiger partial charge in [0, 0.05) is 31.9 Å². The third-order valence-corrected chi connectivity index (χ3v) is 2.78. The first-order valence-electron chi connectivity index (χ1n) is 5.60. The van der Waals surface area contributed by atoms with E-state index in [0.717, 1.165) is 31.9 Å². The van der Waals surface area contributed by atoms with Crippen LogP contribution in [0.3, 0.4) is 0 Å². The molecule has 2 N–H and O–H groups in total. The van der Waals surface area contributed by atoms with Crippen LogP contribution in [-0.2, 0) is 0 Å². The Bertz CT molecular complexity index is 360. The molecule has 1 aliphatic rings. The van der Waals surface area contributed by atoms with Gasteiger partial charge in [-0.05, 0) is 24.3 Å². The lowest BCUT2D eigenvalue weighted by Gasteiger charge is -2.33. The van der Waals surface area contributed by atoms with Crippen molar-refractivity contribution >= 4 is 5.69 Å². The summed E-state index contributed by atoms with van der Waals surface area (Å²) in [6.07, 6.45) is 0. The Morgan fingerprint density at radius 3 is 2.41 bits per heavy atom. The molecule has 6 nitrogen and oxygen atoms in total. The minimum Gasteiger partial charge on any atom is -0.508 e. The van der Waals surface area contributed by atoms with E-state index in [-0.39, 0.29) is 12.4 Å². The van der Waals surface area contributed by atoms with E-state index in [1.807, 2.05) is 17.0 Å². The Morgan fingerprint density at radius 1 is 1.18 bits per heavy atom. The number of nitrogens with zero attached hydrogens (tertiary/aromatic N) is 3. The number of hydrazine groups is 1. The van der Waals surface area contributed by atoms with Gasteiger partial charge >= 0.3 is 0 Å². The second kappa shape index (κ2) is 5.60. The number of hydrogen-bond acceptors (Lipinski definition) is 6. The maximum Gasteiger partial charge on any atom is 0.134 e. The second-order valence-electron chi connectivity index (χ2n) is 4.03. The molecule has 0 saturated carbocycles. The van der Waals surface area contributed by atoms with Crippen LogP contribution < -0.4 is 5.43 Å². The van der Waals surface area contributed by atoms with E-state index in [0.29, 0.717) is 0 Å². The average Bonchev–Trinajstić information content (AvgIpc) is 2.35. The molecule has 0 atom stereocenters. The first kappa shape index (κ1) is 11.8. The van der Waals surface area contributed by atoms with Gasteiger partial charge in [-0.2, -0.15) is 0 Å². The number of hydrogen-bond donors (Lipinski definition) is 2. The number of piperazine rings is 1. The van der Waals surface area contributed by atoms with Gasteiger partial charge in [0.25, 0.3) is 0 Å². The van der Waals surface area contributed by atoms with E-state index in [1.165, 1.54) is 0 Å². The van der Waals surface area contributed by atoms with E-state index in [2.05, 4.69) is 15.6 Å². The van der Waals surface area contributed by atoms with Gasteiger partial charge < -0.3 is 10.5 Å². The van der Waals surface area contributed by atoms with Gasteiger partial charge in [-0.1, -0.05) is 5.18 Å². The summed E-state index contributed by atoms with van der Waals surface area (Å²) in [5, 5.41) is 14.1. The summed E-state index contributed by atoms with van der Waals surface area (Å²) in [6, 6.07) is 6.95. The number of nitrogens with one attached hydrogen (secondary N) is 1. The van der Waals surface area contributed by atoms with E-state index in [1.54, 1.807) is 12.1 Å². The lowest BCUT2D eigenvalue weighted by Crippen LogP contribution is -2.48. The molecule has 17 heavy (non-hydrogen) atoms. The first-order chi connectivity index (χ1) is 8.28. The summed E-state index contributed by atoms with van der Waals surface area (Å²) in [6.45, 7) is 3.62. The summed E-state index contributed by atoms with van der Waals surface area (Å²) in [5.74, 6) is 0.262. The highest BCUT2D eigenvalue weighted by Crippen LogP contribution is 2.15. The minimum absolute atomic E-state index is 0.262. The topological polar surface area (TPSA) is 68.2 Å². The lowest BCUT2D eigenvalue weighted by atomic mass is 10.3. The van der Waals surface area contributed by atoms with Gasteiger partial charge in [-0.3, -0.25) is 4.90 Å². The van der Waals surface area contributed by atoms with Crippen molar-refractivity contribution in [3.05, 3.63) is 29.2 Å². The third-order valence-electron chi connectivity index (χ3n) is 2.78. The molecule has 1 aromatic rings. The molecule has 0 amide bonds. The molecule has 6 heteroatoms. The number of rotatable bonds is 4. The Balaban J connectivity index is 1.81. The van der Waals surface area contributed by atoms with Gasteiger partial charge in [0.05, 0.1) is 0 Å². The Labute approximate surface area is 99.8 Å². The first-order valence-corrected chi connectivity index (χ1v) is 5.60. The monoisotopic (exact) mass is 236 g/mol. The summed E-state index contributed by atoms with van der Waals surface area (Å²) in [4.78, 5) is 12.1. The van der Waals surface area contributed by atoms with Crippen LogP contribution in [0.1, 0.15) is 0 Å². The molecule has 1 aromatic carbocycles. The van der Waals surface area contributed by atoms with Crippen LogP contribution in [0.5, 0.6) is 5.75 Å². The fourth-order valence-electron chi connectivity index (χ4n) is 1.80. The predicted molar refractivity (Wildman–Crippen MR) is 65.5 cm³/mol. The maximum absolute atomic E-state index is 10.1. The highest BCUT2D eigenvalue weighted by atomic mass is 16.3. The molecule has 1 saturated heterocycles. The van der Waals surface area contributed by atoms with E-state index in [9.17, 15) is 4.91 Å². The van der Waals surface area contributed by atoms with Crippen molar-refractivity contribution in [1.82, 2.24) is 9.91 Å². The fourth-order valence-corrected chi connectivity index (χ4v) is 1.80. The van der Waals surface area contributed by atoms with Crippen LogP contribution in [0, 0.1) is 4.91 Å². The number of aromatic hydroxyl groups is 1. The minimum atomic E-state index is 0.262. The quantitative estimate of drug-likeness (QED) is 0.604. The van der Waals surface area contributed by atoms with Gasteiger partial charge in [-0.25, -0.2) is 5.01 Å². The molecule has 92 valence electrons. The van der Waals surface area contributed by atoms with Crippen LogP contribution in [0.15, 0.2) is 29.4 Å². The standard InChI is InChI=1S/C11H16N4O2/c16-11-3-1-10(2-4-11)13-15-7-5-14(6-8-15)9-12-17/h1-4,13,16H,5-9H2. The van der Waals surface area contributed by atoms with Crippen LogP contribution in [0.25, 0.3) is 0 Å². The Hall–Kier alpha value is -1.66. The third kappa shape index (κ3) is 3.40. The molecule has 0 unspecified atom stereocenters. The van der Waals surface area contributed by atoms with Crippen LogP contribution in [0.4, 0.5) is 5.69 Å². The lowest BCUT2D eigenvalue weighted by molar-refractivity contribution is 0.156. The Morgan fingerprint density at radius 2 is 1.82 bits per heavy atom. The van der Waals surface area contributed by atoms with Crippen molar-refractivity contribution < 1.29 is 5.11 Å². The van der Waals surface area contributed by atoms with Crippen molar-refractivity contribution in [3.8, 4) is 5.75 Å². The normalized spacial score (nSPS) is 17.9. The van der Waals surface area contributed by atoms with Gasteiger partial charge in [-0.15, -0.1) is 4.91 Å². The molecule has 0 radical (unpaired) electrons. The van der Waals surface area contributed by atoms with Crippen molar-refractivity contribution in [3.63, 3.8) is 0 Å². The highest BCUT2D eigenvalue weighted by molar-refractivity contribution is 5.45. The summed E-state index contributed by atoms with van der Waals surface area (Å²) in [5.41, 5.74) is 4.21. The van der Waals surface area contributed by atoms with E-state index in [4.69, 9.17) is 5.11 Å². The molecule has 0 aromatic heterocycles. The molecule has 0 spiro atoms. The largest absolute Gasteiger partial charge is 0.508 e. The molecule has 1 fully saturated rings. The van der Waals surface area contributed by atoms with Crippen LogP contribution in [0.2, 0.25) is 0 Å². The molecule has 1 aliphatic heterocycles. The van der Waals surface area contributed by atoms with E-state index < -0.39 is 0 Å². The van der Waals surface area contributed by atoms with E-state index >= 15 is 0 Å². The molecule has 0 aliphatic carbocycles. The van der Waals surface area contributed by atoms with Gasteiger partial charge in [0.2, 0.25) is 0 Å². The van der Waals surface area contributed by atoms with Crippen molar-refractivity contribution in [2.45, 2.75) is 0 Å². The summed E-state index contributed by atoms with van der Waals surface area (Å²) >= 11 is 0. The predicted octanol–water partition coefficient (Wildman–Crippen LogP) is 1.06. The second-order valence-corrected chi connectivity index (χ2v) is 4.03. The molecule has 0 bridgehead atoms. The molecule has 1 heterocycles. The summed E-state index contributed by atoms with van der Waals surface area (Å²) < 4.78 is 0. The molecular formula is C11H16N4O2. The van der Waals surface area contributed by atoms with Crippen LogP contribution >= 0.6 is 0 Å². The van der Waals surface area contributed by atoms with Crippen molar-refractivity contribution in [2.24, 2.45) is 5.18 Å². The highest BCUT2D eigenvalue weighted by Gasteiger charge is 2.16. The van der Waals surface area contributed by atoms with Gasteiger partial charge in [0.1, 0.15) is 12.4 Å². The maximum atomic E-state index is 10.1. The summed E-state index contributed by atoms with van der Waals surface area (Å²) in [7, 11) is 0. The molecular weight excluding hydrogens is 220 g/mol. The average molecular weight is 236 g/mol. The zero-order valence-electron chi connectivity index (χ0n) is 9.54. The molecule has 2 rings (SSSR count). The van der Waals surface area contributed by atoms with Crippen LogP contribution in [-0.4, -0.2) is 47.9 Å². The zero-order valence-corrected chi connectivity index (χ0v) is 9.54. The van der Waals surface area contributed by atoms with Crippen molar-refractivity contribution in [1.29, 1.82) is 0 Å². The SMILES string of the molecule is O=NCN1CCN(Nc2ccc(O)cc2)CC1. The number of phenolic OH excluding ortho intramolecular Hbond substituents is 1. The number of nitroso groups, excluding NO2 is 1. The zero-order chi connectivity index (χ0) is 12.1. The fraction of sp³-hybridized carbons (Fsp3) is 0.455. The number of phenols is 1. The smallest absolute Gasteiger partial charge is 0.134 e. The number of benzene rings is 1. The van der Waals surface area contributed by atoms with Crippen molar-refractivity contribution in [2.75, 3.05) is 38.3 Å².